The van der Waals surface area contributed by atoms with Crippen LogP contribution in [0.3, 0.4) is 0 Å². The lowest BCUT2D eigenvalue weighted by Crippen LogP contribution is -2.37. The summed E-state index contributed by atoms with van der Waals surface area (Å²) in [7, 11) is 0. The topological polar surface area (TPSA) is 25.4 Å². The van der Waals surface area contributed by atoms with Gasteiger partial charge in [-0.05, 0) is 41.5 Å². The van der Waals surface area contributed by atoms with E-state index >= 15 is 0 Å². The molecule has 2 aromatic carbocycles. The van der Waals surface area contributed by atoms with E-state index in [2.05, 4.69) is 9.88 Å². The number of rotatable bonds is 3. The van der Waals surface area contributed by atoms with Crippen molar-refractivity contribution >= 4 is 10.9 Å². The highest BCUT2D eigenvalue weighted by atomic mass is 19.1. The Morgan fingerprint density at radius 1 is 1.08 bits per heavy atom. The van der Waals surface area contributed by atoms with Crippen molar-refractivity contribution in [3.05, 3.63) is 77.5 Å². The van der Waals surface area contributed by atoms with E-state index in [1.54, 1.807) is 24.4 Å². The Hall–Kier alpha value is -2.37. The van der Waals surface area contributed by atoms with Crippen LogP contribution < -0.4 is 0 Å². The highest BCUT2D eigenvalue weighted by Crippen LogP contribution is 2.25. The van der Waals surface area contributed by atoms with Gasteiger partial charge < -0.3 is 4.74 Å². The molecule has 0 spiro atoms. The first-order valence-corrected chi connectivity index (χ1v) is 8.31. The molecule has 1 atom stereocenters. The molecule has 3 nitrogen and oxygen atoms in total. The number of nitrogens with zero attached hydrogens (tertiary/aromatic N) is 2. The molecule has 0 aliphatic carbocycles. The van der Waals surface area contributed by atoms with E-state index in [0.29, 0.717) is 19.7 Å². The molecule has 1 aromatic heterocycles. The third-order valence-corrected chi connectivity index (χ3v) is 4.53. The van der Waals surface area contributed by atoms with E-state index in [0.717, 1.165) is 28.6 Å². The summed E-state index contributed by atoms with van der Waals surface area (Å²) in [5.41, 5.74) is 2.65. The van der Waals surface area contributed by atoms with Crippen LogP contribution in [-0.4, -0.2) is 29.6 Å². The zero-order valence-corrected chi connectivity index (χ0v) is 13.7. The van der Waals surface area contributed by atoms with Gasteiger partial charge in [0.2, 0.25) is 0 Å². The summed E-state index contributed by atoms with van der Waals surface area (Å²) in [6.07, 6.45) is 1.62. The van der Waals surface area contributed by atoms with Gasteiger partial charge in [-0.3, -0.25) is 9.88 Å². The number of benzene rings is 2. The van der Waals surface area contributed by atoms with Gasteiger partial charge in [-0.1, -0.05) is 18.2 Å². The Kier molecular flexibility index (Phi) is 4.42. The van der Waals surface area contributed by atoms with E-state index in [4.69, 9.17) is 4.74 Å². The molecule has 1 aliphatic rings. The Bertz CT molecular complexity index is 883. The maximum atomic E-state index is 13.9. The third kappa shape index (κ3) is 3.52. The molecular formula is C20H18F2N2O. The monoisotopic (exact) mass is 340 g/mol. The fraction of sp³-hybridized carbons (Fsp3) is 0.250. The quantitative estimate of drug-likeness (QED) is 0.718. The molecule has 4 rings (SSSR count). The second kappa shape index (κ2) is 6.86. The molecule has 0 amide bonds. The molecule has 25 heavy (non-hydrogen) atoms. The third-order valence-electron chi connectivity index (χ3n) is 4.53. The van der Waals surface area contributed by atoms with Crippen molar-refractivity contribution < 1.29 is 13.5 Å². The number of halogens is 2. The molecule has 1 saturated heterocycles. The lowest BCUT2D eigenvalue weighted by Gasteiger charge is -2.33. The Labute approximate surface area is 144 Å². The summed E-state index contributed by atoms with van der Waals surface area (Å²) in [5, 5.41) is 0.806. The molecular weight excluding hydrogens is 322 g/mol. The minimum atomic E-state index is -0.256. The maximum absolute atomic E-state index is 13.9. The van der Waals surface area contributed by atoms with Crippen molar-refractivity contribution in [3.63, 3.8) is 0 Å². The molecule has 1 aliphatic heterocycles. The van der Waals surface area contributed by atoms with Crippen molar-refractivity contribution in [2.75, 3.05) is 19.7 Å². The summed E-state index contributed by atoms with van der Waals surface area (Å²) in [5.74, 6) is -0.507. The Morgan fingerprint density at radius 3 is 2.76 bits per heavy atom. The van der Waals surface area contributed by atoms with E-state index in [1.807, 2.05) is 12.1 Å². The maximum Gasteiger partial charge on any atom is 0.124 e. The van der Waals surface area contributed by atoms with Crippen LogP contribution in [0.1, 0.15) is 17.2 Å². The summed E-state index contributed by atoms with van der Waals surface area (Å²) in [6, 6.07) is 13.1. The average molecular weight is 340 g/mol. The largest absolute Gasteiger partial charge is 0.371 e. The Balaban J connectivity index is 1.56. The van der Waals surface area contributed by atoms with Gasteiger partial charge in [-0.25, -0.2) is 8.78 Å². The minimum Gasteiger partial charge on any atom is -0.371 e. The molecule has 2 heterocycles. The van der Waals surface area contributed by atoms with E-state index in [1.165, 1.54) is 18.2 Å². The smallest absolute Gasteiger partial charge is 0.124 e. The number of hydrogen-bond donors (Lipinski definition) is 0. The zero-order valence-electron chi connectivity index (χ0n) is 13.7. The fourth-order valence-corrected chi connectivity index (χ4v) is 3.31. The molecule has 0 radical (unpaired) electrons. The van der Waals surface area contributed by atoms with Gasteiger partial charge in [-0.15, -0.1) is 0 Å². The van der Waals surface area contributed by atoms with Gasteiger partial charge in [0.1, 0.15) is 11.6 Å². The van der Waals surface area contributed by atoms with Gasteiger partial charge in [0, 0.05) is 31.2 Å². The van der Waals surface area contributed by atoms with Crippen LogP contribution >= 0.6 is 0 Å². The molecule has 3 aromatic rings. The molecule has 0 bridgehead atoms. The number of pyridine rings is 1. The van der Waals surface area contributed by atoms with Gasteiger partial charge in [-0.2, -0.15) is 0 Å². The molecule has 128 valence electrons. The van der Waals surface area contributed by atoms with E-state index in [-0.39, 0.29) is 17.7 Å². The summed E-state index contributed by atoms with van der Waals surface area (Å²) in [6.45, 7) is 2.63. The fourth-order valence-electron chi connectivity index (χ4n) is 3.31. The van der Waals surface area contributed by atoms with Gasteiger partial charge in [0.05, 0.1) is 18.2 Å². The average Bonchev–Trinajstić information content (AvgIpc) is 2.62. The molecule has 1 unspecified atom stereocenters. The van der Waals surface area contributed by atoms with Crippen molar-refractivity contribution in [3.8, 4) is 0 Å². The minimum absolute atomic E-state index is 0.109. The second-order valence-electron chi connectivity index (χ2n) is 6.29. The number of hydrogen-bond acceptors (Lipinski definition) is 3. The van der Waals surface area contributed by atoms with Crippen LogP contribution in [0, 0.1) is 11.6 Å². The SMILES string of the molecule is Fc1ccc(C2CN(Cc3cc(F)cc4cccnc34)CCO2)cc1. The first-order chi connectivity index (χ1) is 12.2. The molecule has 0 saturated carbocycles. The van der Waals surface area contributed by atoms with Gasteiger partial charge >= 0.3 is 0 Å². The molecule has 5 heteroatoms. The first kappa shape index (κ1) is 16.1. The van der Waals surface area contributed by atoms with Crippen molar-refractivity contribution in [2.24, 2.45) is 0 Å². The summed E-state index contributed by atoms with van der Waals surface area (Å²) >= 11 is 0. The lowest BCUT2D eigenvalue weighted by atomic mass is 10.1. The van der Waals surface area contributed by atoms with Crippen LogP contribution in [-0.2, 0) is 11.3 Å². The first-order valence-electron chi connectivity index (χ1n) is 8.31. The number of aromatic nitrogens is 1. The summed E-state index contributed by atoms with van der Waals surface area (Å²) < 4.78 is 32.9. The van der Waals surface area contributed by atoms with Gasteiger partial charge in [0.25, 0.3) is 0 Å². The van der Waals surface area contributed by atoms with Crippen LogP contribution in [0.15, 0.2) is 54.7 Å². The number of fused-ring (bicyclic) bond motifs is 1. The van der Waals surface area contributed by atoms with Crippen molar-refractivity contribution in [2.45, 2.75) is 12.6 Å². The lowest BCUT2D eigenvalue weighted by molar-refractivity contribution is -0.0328. The van der Waals surface area contributed by atoms with Crippen LogP contribution in [0.5, 0.6) is 0 Å². The predicted octanol–water partition coefficient (Wildman–Crippen LogP) is 4.09. The number of ether oxygens (including phenoxy) is 1. The highest BCUT2D eigenvalue weighted by molar-refractivity contribution is 5.81. The van der Waals surface area contributed by atoms with Gasteiger partial charge in [0.15, 0.2) is 0 Å². The standard InChI is InChI=1S/C20H18F2N2O/c21-17-5-3-14(4-6-17)19-13-24(8-9-25-19)12-16-11-18(22)10-15-2-1-7-23-20(15)16/h1-7,10-11,19H,8-9,12-13H2. The van der Waals surface area contributed by atoms with Crippen LogP contribution in [0.25, 0.3) is 10.9 Å². The molecule has 1 fully saturated rings. The zero-order chi connectivity index (χ0) is 17.2. The highest BCUT2D eigenvalue weighted by Gasteiger charge is 2.23. The van der Waals surface area contributed by atoms with Crippen LogP contribution in [0.2, 0.25) is 0 Å². The van der Waals surface area contributed by atoms with Crippen LogP contribution in [0.4, 0.5) is 8.78 Å². The number of morpholine rings is 1. The summed E-state index contributed by atoms with van der Waals surface area (Å²) in [4.78, 5) is 6.63. The van der Waals surface area contributed by atoms with E-state index < -0.39 is 0 Å². The van der Waals surface area contributed by atoms with E-state index in [9.17, 15) is 8.78 Å². The normalized spacial score (nSPS) is 18.6. The van der Waals surface area contributed by atoms with Crippen molar-refractivity contribution in [1.82, 2.24) is 9.88 Å². The molecule has 0 N–H and O–H groups in total. The predicted molar refractivity (Wildman–Crippen MR) is 92.1 cm³/mol. The second-order valence-corrected chi connectivity index (χ2v) is 6.29. The van der Waals surface area contributed by atoms with Crippen molar-refractivity contribution in [1.29, 1.82) is 0 Å². The Morgan fingerprint density at radius 2 is 1.92 bits per heavy atom.